The number of nitrogens with zero attached hydrogens (tertiary/aromatic N) is 3. The second-order valence-corrected chi connectivity index (χ2v) is 3.54. The maximum atomic E-state index is 10.7. The van der Waals surface area contributed by atoms with Crippen molar-refractivity contribution in [1.82, 2.24) is 14.8 Å². The molecule has 0 radical (unpaired) electrons. The lowest BCUT2D eigenvalue weighted by molar-refractivity contribution is 0.111. The van der Waals surface area contributed by atoms with E-state index >= 15 is 0 Å². The Morgan fingerprint density at radius 1 is 1.33 bits per heavy atom. The molecule has 0 unspecified atom stereocenters. The number of hydrogen-bond donors (Lipinski definition) is 0. The second kappa shape index (κ2) is 4.00. The molecule has 76 valence electrons. The van der Waals surface area contributed by atoms with Crippen molar-refractivity contribution in [3.05, 3.63) is 40.4 Å². The second-order valence-electron chi connectivity index (χ2n) is 2.75. The highest BCUT2D eigenvalue weighted by Gasteiger charge is 2.10. The molecule has 1 heterocycles. The van der Waals surface area contributed by atoms with E-state index in [4.69, 9.17) is 23.2 Å². The molecule has 0 atom stereocenters. The van der Waals surface area contributed by atoms with Gasteiger partial charge in [-0.15, -0.1) is 10.2 Å². The number of carbonyl (C=O) groups excluding carboxylic acids is 1. The third kappa shape index (κ3) is 1.73. The SMILES string of the molecule is O=Cc1nncn1-c1cccc(Cl)c1Cl. The predicted octanol–water partition coefficient (Wildman–Crippen LogP) is 2.39. The summed E-state index contributed by atoms with van der Waals surface area (Å²) >= 11 is 11.8. The molecule has 0 fully saturated rings. The molecular formula is C9H5Cl2N3O. The van der Waals surface area contributed by atoms with Crippen molar-refractivity contribution in [1.29, 1.82) is 0 Å². The van der Waals surface area contributed by atoms with E-state index in [1.807, 2.05) is 0 Å². The Morgan fingerprint density at radius 3 is 2.87 bits per heavy atom. The maximum absolute atomic E-state index is 10.7. The number of carbonyl (C=O) groups is 1. The minimum Gasteiger partial charge on any atom is -0.294 e. The largest absolute Gasteiger partial charge is 0.294 e. The number of hydrogen-bond acceptors (Lipinski definition) is 3. The van der Waals surface area contributed by atoms with Crippen LogP contribution in [-0.2, 0) is 0 Å². The summed E-state index contributed by atoms with van der Waals surface area (Å²) in [5.41, 5.74) is 0.580. The molecule has 4 nitrogen and oxygen atoms in total. The fourth-order valence-corrected chi connectivity index (χ4v) is 1.57. The standard InChI is InChI=1S/C9H5Cl2N3O/c10-6-2-1-3-7(9(6)11)14-5-12-13-8(14)4-15/h1-5H. The average molecular weight is 242 g/mol. The lowest BCUT2D eigenvalue weighted by atomic mass is 10.3. The Bertz CT molecular complexity index is 510. The maximum Gasteiger partial charge on any atom is 0.201 e. The van der Waals surface area contributed by atoms with Crippen LogP contribution in [-0.4, -0.2) is 21.1 Å². The van der Waals surface area contributed by atoms with Crippen molar-refractivity contribution in [2.24, 2.45) is 0 Å². The zero-order chi connectivity index (χ0) is 10.8. The van der Waals surface area contributed by atoms with Crippen molar-refractivity contribution in [3.63, 3.8) is 0 Å². The van der Waals surface area contributed by atoms with E-state index in [9.17, 15) is 4.79 Å². The van der Waals surface area contributed by atoms with Crippen molar-refractivity contribution in [2.75, 3.05) is 0 Å². The molecule has 0 saturated carbocycles. The fourth-order valence-electron chi connectivity index (χ4n) is 1.19. The van der Waals surface area contributed by atoms with Crippen LogP contribution in [0.25, 0.3) is 5.69 Å². The first kappa shape index (κ1) is 10.1. The topological polar surface area (TPSA) is 47.8 Å². The van der Waals surface area contributed by atoms with Gasteiger partial charge in [-0.25, -0.2) is 0 Å². The molecule has 1 aromatic carbocycles. The van der Waals surface area contributed by atoms with Crippen molar-refractivity contribution in [2.45, 2.75) is 0 Å². The molecule has 0 N–H and O–H groups in total. The third-order valence-corrected chi connectivity index (χ3v) is 2.68. The van der Waals surface area contributed by atoms with Gasteiger partial charge in [0.05, 0.1) is 15.7 Å². The first-order chi connectivity index (χ1) is 7.24. The molecule has 0 aliphatic heterocycles. The third-order valence-electron chi connectivity index (χ3n) is 1.87. The summed E-state index contributed by atoms with van der Waals surface area (Å²) in [6, 6.07) is 5.13. The highest BCUT2D eigenvalue weighted by atomic mass is 35.5. The van der Waals surface area contributed by atoms with Gasteiger partial charge in [0.15, 0.2) is 6.29 Å². The molecule has 0 spiro atoms. The number of benzene rings is 1. The molecule has 0 bridgehead atoms. The minimum atomic E-state index is 0.180. The van der Waals surface area contributed by atoms with E-state index in [-0.39, 0.29) is 5.82 Å². The van der Waals surface area contributed by atoms with Gasteiger partial charge in [-0.2, -0.15) is 0 Å². The Hall–Kier alpha value is -1.39. The first-order valence-corrected chi connectivity index (χ1v) is 4.79. The van der Waals surface area contributed by atoms with Gasteiger partial charge in [0.25, 0.3) is 0 Å². The summed E-state index contributed by atoms with van der Waals surface area (Å²) in [6.45, 7) is 0. The monoisotopic (exact) mass is 241 g/mol. The van der Waals surface area contributed by atoms with Gasteiger partial charge in [-0.3, -0.25) is 9.36 Å². The van der Waals surface area contributed by atoms with Gasteiger partial charge >= 0.3 is 0 Å². The van der Waals surface area contributed by atoms with Crippen LogP contribution in [0.15, 0.2) is 24.5 Å². The van der Waals surface area contributed by atoms with Gasteiger partial charge in [0, 0.05) is 0 Å². The number of aldehydes is 1. The van der Waals surface area contributed by atoms with Crippen LogP contribution < -0.4 is 0 Å². The number of rotatable bonds is 2. The Kier molecular flexibility index (Phi) is 2.70. The lowest BCUT2D eigenvalue weighted by Crippen LogP contribution is -1.99. The normalized spacial score (nSPS) is 10.3. The van der Waals surface area contributed by atoms with Crippen LogP contribution in [0.1, 0.15) is 10.6 Å². The summed E-state index contributed by atoms with van der Waals surface area (Å²) in [6.07, 6.45) is 2.01. The fraction of sp³-hybridized carbons (Fsp3) is 0. The van der Waals surface area contributed by atoms with Gasteiger partial charge in [-0.1, -0.05) is 29.3 Å². The van der Waals surface area contributed by atoms with E-state index < -0.39 is 0 Å². The van der Waals surface area contributed by atoms with E-state index in [0.29, 0.717) is 22.0 Å². The van der Waals surface area contributed by atoms with Crippen LogP contribution in [0.5, 0.6) is 0 Å². The molecule has 0 aliphatic carbocycles. The molecule has 0 saturated heterocycles. The molecule has 0 amide bonds. The van der Waals surface area contributed by atoms with Crippen LogP contribution in [0.3, 0.4) is 0 Å². The number of aromatic nitrogens is 3. The van der Waals surface area contributed by atoms with E-state index in [1.54, 1.807) is 18.2 Å². The van der Waals surface area contributed by atoms with E-state index in [1.165, 1.54) is 10.9 Å². The molecule has 2 rings (SSSR count). The van der Waals surface area contributed by atoms with E-state index in [0.717, 1.165) is 0 Å². The lowest BCUT2D eigenvalue weighted by Gasteiger charge is -2.06. The van der Waals surface area contributed by atoms with Crippen molar-refractivity contribution < 1.29 is 4.79 Å². The zero-order valence-corrected chi connectivity index (χ0v) is 8.90. The van der Waals surface area contributed by atoms with Gasteiger partial charge < -0.3 is 0 Å². The Labute approximate surface area is 95.4 Å². The molecule has 2 aromatic rings. The summed E-state index contributed by atoms with van der Waals surface area (Å²) in [5.74, 6) is 0.180. The molecular weight excluding hydrogens is 237 g/mol. The van der Waals surface area contributed by atoms with Crippen LogP contribution in [0, 0.1) is 0 Å². The molecule has 15 heavy (non-hydrogen) atoms. The highest BCUT2D eigenvalue weighted by Crippen LogP contribution is 2.28. The van der Waals surface area contributed by atoms with Crippen LogP contribution >= 0.6 is 23.2 Å². The first-order valence-electron chi connectivity index (χ1n) is 4.03. The summed E-state index contributed by atoms with van der Waals surface area (Å²) in [5, 5.41) is 8.02. The molecule has 6 heteroatoms. The Balaban J connectivity index is 2.64. The van der Waals surface area contributed by atoms with Gasteiger partial charge in [-0.05, 0) is 12.1 Å². The number of halogens is 2. The molecule has 1 aromatic heterocycles. The molecule has 0 aliphatic rings. The highest BCUT2D eigenvalue weighted by molar-refractivity contribution is 6.43. The summed E-state index contributed by atoms with van der Waals surface area (Å²) < 4.78 is 1.47. The summed E-state index contributed by atoms with van der Waals surface area (Å²) in [4.78, 5) is 10.7. The van der Waals surface area contributed by atoms with Crippen molar-refractivity contribution >= 4 is 29.5 Å². The van der Waals surface area contributed by atoms with Gasteiger partial charge in [0.1, 0.15) is 6.33 Å². The average Bonchev–Trinajstić information content (AvgIpc) is 2.70. The summed E-state index contributed by atoms with van der Waals surface area (Å²) in [7, 11) is 0. The van der Waals surface area contributed by atoms with Crippen LogP contribution in [0.2, 0.25) is 10.0 Å². The predicted molar refractivity (Wildman–Crippen MR) is 56.8 cm³/mol. The zero-order valence-electron chi connectivity index (χ0n) is 7.39. The Morgan fingerprint density at radius 2 is 2.13 bits per heavy atom. The van der Waals surface area contributed by atoms with Gasteiger partial charge in [0.2, 0.25) is 5.82 Å². The van der Waals surface area contributed by atoms with E-state index in [2.05, 4.69) is 10.2 Å². The minimum absolute atomic E-state index is 0.180. The quantitative estimate of drug-likeness (QED) is 0.759. The van der Waals surface area contributed by atoms with Crippen LogP contribution in [0.4, 0.5) is 0 Å². The van der Waals surface area contributed by atoms with Crippen molar-refractivity contribution in [3.8, 4) is 5.69 Å². The smallest absolute Gasteiger partial charge is 0.201 e.